The van der Waals surface area contributed by atoms with Gasteiger partial charge in [-0.15, -0.1) is 0 Å². The van der Waals surface area contributed by atoms with Crippen molar-refractivity contribution < 1.29 is 0 Å². The van der Waals surface area contributed by atoms with Crippen LogP contribution in [0, 0.1) is 0 Å². The lowest BCUT2D eigenvalue weighted by Crippen LogP contribution is -2.33. The summed E-state index contributed by atoms with van der Waals surface area (Å²) >= 11 is 0. The van der Waals surface area contributed by atoms with E-state index in [1.165, 1.54) is 5.56 Å². The zero-order chi connectivity index (χ0) is 11.9. The molecule has 0 atom stereocenters. The summed E-state index contributed by atoms with van der Waals surface area (Å²) in [5, 5.41) is 3.42. The second-order valence-corrected chi connectivity index (χ2v) is 4.95. The first-order valence-corrected chi connectivity index (χ1v) is 5.96. The average Bonchev–Trinajstić information content (AvgIpc) is 2.23. The van der Waals surface area contributed by atoms with E-state index in [4.69, 9.17) is 5.73 Å². The molecule has 0 amide bonds. The predicted molar refractivity (Wildman–Crippen MR) is 68.3 cm³/mol. The Morgan fingerprint density at radius 2 is 2.19 bits per heavy atom. The Hall–Kier alpha value is -0.930. The van der Waals surface area contributed by atoms with E-state index in [2.05, 4.69) is 30.2 Å². The van der Waals surface area contributed by atoms with Gasteiger partial charge in [0, 0.05) is 17.9 Å². The van der Waals surface area contributed by atoms with Crippen LogP contribution in [0.15, 0.2) is 24.5 Å². The fourth-order valence-corrected chi connectivity index (χ4v) is 1.57. The van der Waals surface area contributed by atoms with Crippen molar-refractivity contribution >= 4 is 0 Å². The number of hydrogen-bond donors (Lipinski definition) is 2. The molecule has 0 aromatic carbocycles. The monoisotopic (exact) mass is 221 g/mol. The minimum atomic E-state index is -0.0367. The highest BCUT2D eigenvalue weighted by Gasteiger charge is 2.08. The molecule has 16 heavy (non-hydrogen) atoms. The van der Waals surface area contributed by atoms with Crippen LogP contribution in [0.25, 0.3) is 0 Å². The van der Waals surface area contributed by atoms with Crippen molar-refractivity contribution in [3.8, 4) is 0 Å². The van der Waals surface area contributed by atoms with E-state index in [1.807, 2.05) is 12.3 Å². The molecule has 0 saturated heterocycles. The lowest BCUT2D eigenvalue weighted by atomic mass is 10.0. The molecule has 3 nitrogen and oxygen atoms in total. The van der Waals surface area contributed by atoms with Crippen molar-refractivity contribution in [1.29, 1.82) is 0 Å². The third-order valence-corrected chi connectivity index (χ3v) is 2.49. The third-order valence-electron chi connectivity index (χ3n) is 2.49. The molecule has 0 aliphatic heterocycles. The Labute approximate surface area is 98.5 Å². The summed E-state index contributed by atoms with van der Waals surface area (Å²) in [4.78, 5) is 4.09. The van der Waals surface area contributed by atoms with Crippen molar-refractivity contribution in [2.45, 2.75) is 38.6 Å². The molecule has 0 aliphatic carbocycles. The summed E-state index contributed by atoms with van der Waals surface area (Å²) in [6, 6.07) is 4.09. The van der Waals surface area contributed by atoms with Crippen molar-refractivity contribution in [3.63, 3.8) is 0 Å². The second kappa shape index (κ2) is 6.61. The van der Waals surface area contributed by atoms with Crippen molar-refractivity contribution in [1.82, 2.24) is 10.3 Å². The minimum Gasteiger partial charge on any atom is -0.326 e. The number of rotatable bonds is 7. The number of nitrogens with zero attached hydrogens (tertiary/aromatic N) is 1. The maximum absolute atomic E-state index is 5.91. The molecule has 0 spiro atoms. The summed E-state index contributed by atoms with van der Waals surface area (Å²) in [6.45, 7) is 6.20. The highest BCUT2D eigenvalue weighted by Crippen LogP contribution is 2.05. The van der Waals surface area contributed by atoms with Crippen LogP contribution in [-0.2, 0) is 6.42 Å². The second-order valence-electron chi connectivity index (χ2n) is 4.95. The van der Waals surface area contributed by atoms with Crippen LogP contribution in [-0.4, -0.2) is 23.6 Å². The Kier molecular flexibility index (Phi) is 5.43. The molecule has 0 fully saturated rings. The van der Waals surface area contributed by atoms with Crippen LogP contribution < -0.4 is 11.1 Å². The largest absolute Gasteiger partial charge is 0.326 e. The number of hydrogen-bond acceptors (Lipinski definition) is 3. The maximum Gasteiger partial charge on any atom is 0.0300 e. The summed E-state index contributed by atoms with van der Waals surface area (Å²) < 4.78 is 0. The quantitative estimate of drug-likeness (QED) is 0.689. The molecule has 0 bridgehead atoms. The zero-order valence-electron chi connectivity index (χ0n) is 10.4. The average molecular weight is 221 g/mol. The molecule has 1 aromatic rings. The summed E-state index contributed by atoms with van der Waals surface area (Å²) in [7, 11) is 0. The number of aromatic nitrogens is 1. The fourth-order valence-electron chi connectivity index (χ4n) is 1.57. The molecular weight excluding hydrogens is 198 g/mol. The van der Waals surface area contributed by atoms with Crippen LogP contribution in [0.5, 0.6) is 0 Å². The summed E-state index contributed by atoms with van der Waals surface area (Å²) in [5.41, 5.74) is 7.15. The lowest BCUT2D eigenvalue weighted by Gasteiger charge is -2.17. The zero-order valence-corrected chi connectivity index (χ0v) is 10.4. The molecular formula is C13H23N3. The van der Waals surface area contributed by atoms with Crippen molar-refractivity contribution in [2.75, 3.05) is 13.1 Å². The lowest BCUT2D eigenvalue weighted by molar-refractivity contribution is 0.449. The van der Waals surface area contributed by atoms with E-state index in [1.54, 1.807) is 6.20 Å². The SMILES string of the molecule is CC(C)(N)CCCNCCc1cccnc1. The van der Waals surface area contributed by atoms with Gasteiger partial charge in [0.15, 0.2) is 0 Å². The molecule has 0 unspecified atom stereocenters. The van der Waals surface area contributed by atoms with Crippen molar-refractivity contribution in [2.24, 2.45) is 5.73 Å². The fraction of sp³-hybridized carbons (Fsp3) is 0.615. The minimum absolute atomic E-state index is 0.0367. The van der Waals surface area contributed by atoms with Gasteiger partial charge < -0.3 is 11.1 Å². The van der Waals surface area contributed by atoms with E-state index < -0.39 is 0 Å². The molecule has 1 rings (SSSR count). The van der Waals surface area contributed by atoms with Gasteiger partial charge in [-0.3, -0.25) is 4.98 Å². The highest BCUT2D eigenvalue weighted by molar-refractivity contribution is 5.08. The molecule has 0 radical (unpaired) electrons. The van der Waals surface area contributed by atoms with Crippen LogP contribution in [0.1, 0.15) is 32.3 Å². The molecule has 90 valence electrons. The van der Waals surface area contributed by atoms with Gasteiger partial charge in [0.2, 0.25) is 0 Å². The van der Waals surface area contributed by atoms with Gasteiger partial charge in [0.25, 0.3) is 0 Å². The van der Waals surface area contributed by atoms with Crippen LogP contribution in [0.2, 0.25) is 0 Å². The number of nitrogens with two attached hydrogens (primary N) is 1. The first kappa shape index (κ1) is 13.1. The molecule has 1 heterocycles. The van der Waals surface area contributed by atoms with E-state index in [0.29, 0.717) is 0 Å². The van der Waals surface area contributed by atoms with E-state index >= 15 is 0 Å². The van der Waals surface area contributed by atoms with E-state index in [-0.39, 0.29) is 5.54 Å². The van der Waals surface area contributed by atoms with Gasteiger partial charge in [-0.1, -0.05) is 6.07 Å². The topological polar surface area (TPSA) is 50.9 Å². The van der Waals surface area contributed by atoms with Crippen LogP contribution in [0.4, 0.5) is 0 Å². The van der Waals surface area contributed by atoms with Gasteiger partial charge in [0.1, 0.15) is 0 Å². The Morgan fingerprint density at radius 3 is 2.81 bits per heavy atom. The third kappa shape index (κ3) is 6.53. The first-order chi connectivity index (χ1) is 7.58. The first-order valence-electron chi connectivity index (χ1n) is 5.96. The Morgan fingerprint density at radius 1 is 1.38 bits per heavy atom. The van der Waals surface area contributed by atoms with E-state index in [0.717, 1.165) is 32.4 Å². The smallest absolute Gasteiger partial charge is 0.0300 e. The summed E-state index contributed by atoms with van der Waals surface area (Å²) in [5.74, 6) is 0. The van der Waals surface area contributed by atoms with Gasteiger partial charge >= 0.3 is 0 Å². The Bertz CT molecular complexity index is 277. The van der Waals surface area contributed by atoms with Crippen LogP contribution >= 0.6 is 0 Å². The molecule has 0 aliphatic rings. The van der Waals surface area contributed by atoms with E-state index in [9.17, 15) is 0 Å². The van der Waals surface area contributed by atoms with Crippen molar-refractivity contribution in [3.05, 3.63) is 30.1 Å². The van der Waals surface area contributed by atoms with Gasteiger partial charge in [-0.25, -0.2) is 0 Å². The summed E-state index contributed by atoms with van der Waals surface area (Å²) in [6.07, 6.45) is 6.97. The molecule has 3 heteroatoms. The highest BCUT2D eigenvalue weighted by atomic mass is 14.8. The van der Waals surface area contributed by atoms with Gasteiger partial charge in [-0.2, -0.15) is 0 Å². The standard InChI is InChI=1S/C13H23N3/c1-13(2,14)7-4-9-15-10-6-12-5-3-8-16-11-12/h3,5,8,11,15H,4,6-7,9-10,14H2,1-2H3. The predicted octanol–water partition coefficient (Wildman–Crippen LogP) is 1.73. The van der Waals surface area contributed by atoms with Gasteiger partial charge in [0.05, 0.1) is 0 Å². The molecule has 3 N–H and O–H groups in total. The Balaban J connectivity index is 2.01. The normalized spacial score (nSPS) is 11.7. The molecule has 0 saturated carbocycles. The number of pyridine rings is 1. The van der Waals surface area contributed by atoms with Crippen LogP contribution in [0.3, 0.4) is 0 Å². The number of nitrogens with one attached hydrogen (secondary N) is 1. The molecule has 1 aromatic heterocycles. The van der Waals surface area contributed by atoms with Gasteiger partial charge in [-0.05, 0) is 57.8 Å². The maximum atomic E-state index is 5.91.